The molecule has 0 atom stereocenters. The van der Waals surface area contributed by atoms with Crippen LogP contribution in [0.5, 0.6) is 0 Å². The summed E-state index contributed by atoms with van der Waals surface area (Å²) in [7, 11) is 1.64. The fraction of sp³-hybridized carbons (Fsp3) is 1.00. The van der Waals surface area contributed by atoms with Crippen LogP contribution in [0.2, 0.25) is 0 Å². The Kier molecular flexibility index (Phi) is 2.62. The second kappa shape index (κ2) is 2.53. The molecule has 7 heavy (non-hydrogen) atoms. The maximum atomic E-state index is 5.71. The number of halogens is 1. The molecule has 44 valence electrons. The highest BCUT2D eigenvalue weighted by Crippen LogP contribution is 2.10. The average Bonchev–Trinajstić information content (AvgIpc) is 1.30. The van der Waals surface area contributed by atoms with Crippen LogP contribution in [0.1, 0.15) is 13.8 Å². The van der Waals surface area contributed by atoms with Gasteiger partial charge in [0, 0.05) is 7.11 Å². The summed E-state index contributed by atoms with van der Waals surface area (Å²) in [5, 5.41) is 0. The molecular weight excluding hydrogens is 112 g/mol. The highest BCUT2D eigenvalue weighted by atomic mass is 35.5. The molecule has 0 N–H and O–H groups in total. The number of methoxy groups -OCH3 is 1. The minimum atomic E-state index is -0.200. The van der Waals surface area contributed by atoms with Gasteiger partial charge in [-0.3, -0.25) is 0 Å². The van der Waals surface area contributed by atoms with Crippen LogP contribution in [0.25, 0.3) is 0 Å². The molecule has 0 aromatic heterocycles. The molecule has 0 saturated carbocycles. The highest BCUT2D eigenvalue weighted by molar-refractivity contribution is 6.23. The van der Waals surface area contributed by atoms with Gasteiger partial charge in [-0.2, -0.15) is 0 Å². The average molecular weight is 123 g/mol. The van der Waals surface area contributed by atoms with E-state index in [1.807, 2.05) is 13.8 Å². The van der Waals surface area contributed by atoms with Gasteiger partial charge in [0.15, 0.2) is 0 Å². The van der Waals surface area contributed by atoms with Crippen LogP contribution in [0.4, 0.5) is 0 Å². The molecule has 0 aliphatic carbocycles. The fourth-order valence-electron chi connectivity index (χ4n) is 0.343. The maximum absolute atomic E-state index is 5.71. The molecule has 2 heteroatoms. The van der Waals surface area contributed by atoms with Crippen molar-refractivity contribution in [1.82, 2.24) is 0 Å². The van der Waals surface area contributed by atoms with Gasteiger partial charge in [0.2, 0.25) is 0 Å². The third-order valence-corrected chi connectivity index (χ3v) is 0.597. The summed E-state index contributed by atoms with van der Waals surface area (Å²) in [4.78, 5) is -0.200. The molecule has 0 amide bonds. The molecule has 0 aromatic carbocycles. The van der Waals surface area contributed by atoms with E-state index in [0.29, 0.717) is 6.61 Å². The second-order valence-electron chi connectivity index (χ2n) is 2.15. The molecule has 0 aliphatic heterocycles. The van der Waals surface area contributed by atoms with Gasteiger partial charge in [-0.15, -0.1) is 11.6 Å². The van der Waals surface area contributed by atoms with E-state index in [9.17, 15) is 0 Å². The summed E-state index contributed by atoms with van der Waals surface area (Å²) < 4.78 is 4.77. The van der Waals surface area contributed by atoms with Crippen molar-refractivity contribution in [2.45, 2.75) is 18.7 Å². The molecule has 0 unspecified atom stereocenters. The van der Waals surface area contributed by atoms with E-state index in [0.717, 1.165) is 0 Å². The zero-order valence-electron chi connectivity index (χ0n) is 4.99. The lowest BCUT2D eigenvalue weighted by Gasteiger charge is -2.12. The normalized spacial score (nSPS) is 12.0. The largest absolute Gasteiger partial charge is 0.383 e. The molecule has 0 saturated heterocycles. The van der Waals surface area contributed by atoms with Gasteiger partial charge < -0.3 is 4.74 Å². The van der Waals surface area contributed by atoms with Gasteiger partial charge in [0.1, 0.15) is 0 Å². The van der Waals surface area contributed by atoms with E-state index in [1.165, 1.54) is 0 Å². The summed E-state index contributed by atoms with van der Waals surface area (Å²) >= 11 is 5.71. The molecule has 0 heterocycles. The van der Waals surface area contributed by atoms with Crippen molar-refractivity contribution >= 4 is 11.6 Å². The van der Waals surface area contributed by atoms with Crippen molar-refractivity contribution in [2.75, 3.05) is 13.7 Å². The summed E-state index contributed by atoms with van der Waals surface area (Å²) in [5.74, 6) is 0. The van der Waals surface area contributed by atoms with Crippen LogP contribution in [0.3, 0.4) is 0 Å². The minimum absolute atomic E-state index is 0.200. The summed E-state index contributed by atoms with van der Waals surface area (Å²) in [5.41, 5.74) is 0. The zero-order valence-corrected chi connectivity index (χ0v) is 5.75. The van der Waals surface area contributed by atoms with Gasteiger partial charge in [-0.05, 0) is 13.8 Å². The van der Waals surface area contributed by atoms with E-state index < -0.39 is 0 Å². The Morgan fingerprint density at radius 1 is 1.57 bits per heavy atom. The van der Waals surface area contributed by atoms with Crippen molar-refractivity contribution in [2.24, 2.45) is 0 Å². The number of rotatable bonds is 2. The van der Waals surface area contributed by atoms with Crippen LogP contribution in [0.15, 0.2) is 0 Å². The molecule has 0 aliphatic rings. The first-order valence-electron chi connectivity index (χ1n) is 2.24. The summed E-state index contributed by atoms with van der Waals surface area (Å²) in [6.45, 7) is 4.44. The SMILES string of the molecule is COCC(C)(C)Cl. The maximum Gasteiger partial charge on any atom is 0.0649 e. The van der Waals surface area contributed by atoms with Gasteiger partial charge in [0.05, 0.1) is 11.5 Å². The molecule has 1 nitrogen and oxygen atoms in total. The fourth-order valence-corrected chi connectivity index (χ4v) is 0.452. The molecule has 0 rings (SSSR count). The smallest absolute Gasteiger partial charge is 0.0649 e. The zero-order chi connectivity index (χ0) is 5.91. The van der Waals surface area contributed by atoms with E-state index in [-0.39, 0.29) is 4.87 Å². The van der Waals surface area contributed by atoms with Crippen LogP contribution in [-0.2, 0) is 4.74 Å². The van der Waals surface area contributed by atoms with E-state index in [2.05, 4.69) is 0 Å². The Balaban J connectivity index is 3.15. The first kappa shape index (κ1) is 7.25. The number of hydrogen-bond acceptors (Lipinski definition) is 1. The van der Waals surface area contributed by atoms with E-state index in [1.54, 1.807) is 7.11 Å². The third-order valence-electron chi connectivity index (χ3n) is 0.488. The van der Waals surface area contributed by atoms with E-state index >= 15 is 0 Å². The standard InChI is InChI=1S/C5H11ClO/c1-5(2,6)4-7-3/h4H2,1-3H3. The Morgan fingerprint density at radius 3 is 2.00 bits per heavy atom. The number of hydrogen-bond donors (Lipinski definition) is 0. The monoisotopic (exact) mass is 122 g/mol. The topological polar surface area (TPSA) is 9.23 Å². The third kappa shape index (κ3) is 6.25. The number of ether oxygens (including phenoxy) is 1. The summed E-state index contributed by atoms with van der Waals surface area (Å²) in [6, 6.07) is 0. The quantitative estimate of drug-likeness (QED) is 0.506. The van der Waals surface area contributed by atoms with Gasteiger partial charge >= 0.3 is 0 Å². The Morgan fingerprint density at radius 2 is 2.00 bits per heavy atom. The van der Waals surface area contributed by atoms with E-state index in [4.69, 9.17) is 16.3 Å². The van der Waals surface area contributed by atoms with Crippen LogP contribution in [0, 0.1) is 0 Å². The molecular formula is C5H11ClO. The molecule has 0 spiro atoms. The van der Waals surface area contributed by atoms with Crippen molar-refractivity contribution in [3.63, 3.8) is 0 Å². The number of alkyl halides is 1. The minimum Gasteiger partial charge on any atom is -0.383 e. The van der Waals surface area contributed by atoms with Gasteiger partial charge in [0.25, 0.3) is 0 Å². The van der Waals surface area contributed by atoms with Crippen LogP contribution < -0.4 is 0 Å². The van der Waals surface area contributed by atoms with Crippen molar-refractivity contribution in [3.05, 3.63) is 0 Å². The second-order valence-corrected chi connectivity index (χ2v) is 3.17. The van der Waals surface area contributed by atoms with Crippen LogP contribution >= 0.6 is 11.6 Å². The van der Waals surface area contributed by atoms with Gasteiger partial charge in [-0.25, -0.2) is 0 Å². The lowest BCUT2D eigenvalue weighted by Crippen LogP contribution is -2.17. The molecule has 0 aromatic rings. The Bertz CT molecular complexity index is 46.5. The first-order valence-corrected chi connectivity index (χ1v) is 2.62. The Hall–Kier alpha value is 0.250. The predicted octanol–water partition coefficient (Wildman–Crippen LogP) is 1.65. The lowest BCUT2D eigenvalue weighted by molar-refractivity contribution is 0.176. The van der Waals surface area contributed by atoms with Crippen LogP contribution in [-0.4, -0.2) is 18.6 Å². The highest BCUT2D eigenvalue weighted by Gasteiger charge is 2.10. The van der Waals surface area contributed by atoms with Crippen molar-refractivity contribution in [3.8, 4) is 0 Å². The van der Waals surface area contributed by atoms with Gasteiger partial charge in [-0.1, -0.05) is 0 Å². The van der Waals surface area contributed by atoms with Crippen molar-refractivity contribution < 1.29 is 4.74 Å². The Labute approximate surface area is 49.6 Å². The lowest BCUT2D eigenvalue weighted by atomic mass is 10.2. The molecule has 0 fully saturated rings. The predicted molar refractivity (Wildman–Crippen MR) is 31.8 cm³/mol. The van der Waals surface area contributed by atoms with Crippen molar-refractivity contribution in [1.29, 1.82) is 0 Å². The molecule has 0 bridgehead atoms. The summed E-state index contributed by atoms with van der Waals surface area (Å²) in [6.07, 6.45) is 0. The first-order chi connectivity index (χ1) is 3.06. The molecule has 0 radical (unpaired) electrons.